The van der Waals surface area contributed by atoms with E-state index in [2.05, 4.69) is 22.3 Å². The molecule has 110 valence electrons. The number of unbranched alkanes of at least 4 members (excludes halogenated alkanes) is 1. The summed E-state index contributed by atoms with van der Waals surface area (Å²) in [5.41, 5.74) is 1.27. The van der Waals surface area contributed by atoms with Crippen LogP contribution < -0.4 is 5.32 Å². The van der Waals surface area contributed by atoms with Crippen molar-refractivity contribution in [3.63, 3.8) is 0 Å². The number of methoxy groups -OCH3 is 1. The first-order valence-corrected chi connectivity index (χ1v) is 7.36. The van der Waals surface area contributed by atoms with E-state index in [0.717, 1.165) is 45.5 Å². The lowest BCUT2D eigenvalue weighted by Crippen LogP contribution is -2.55. The highest BCUT2D eigenvalue weighted by atomic mass is 16.5. The number of likely N-dealkylation sites (tertiary alicyclic amines) is 1. The summed E-state index contributed by atoms with van der Waals surface area (Å²) in [5.74, 6) is 0.171. The fourth-order valence-corrected chi connectivity index (χ4v) is 2.45. The van der Waals surface area contributed by atoms with Crippen molar-refractivity contribution in [1.29, 1.82) is 0 Å². The largest absolute Gasteiger partial charge is 0.385 e. The summed E-state index contributed by atoms with van der Waals surface area (Å²) < 4.78 is 4.99. The van der Waals surface area contributed by atoms with Crippen LogP contribution in [0.4, 0.5) is 0 Å². The third-order valence-corrected chi connectivity index (χ3v) is 3.74. The zero-order valence-electron chi connectivity index (χ0n) is 12.2. The molecule has 1 aromatic rings. The van der Waals surface area contributed by atoms with E-state index in [-0.39, 0.29) is 11.9 Å². The van der Waals surface area contributed by atoms with Crippen LogP contribution >= 0.6 is 0 Å². The summed E-state index contributed by atoms with van der Waals surface area (Å²) in [4.78, 5) is 14.3. The molecule has 20 heavy (non-hydrogen) atoms. The van der Waals surface area contributed by atoms with Crippen molar-refractivity contribution >= 4 is 5.91 Å². The highest BCUT2D eigenvalue weighted by Crippen LogP contribution is 2.20. The lowest BCUT2D eigenvalue weighted by Gasteiger charge is -2.39. The number of carbonyl (C=O) groups is 1. The second kappa shape index (κ2) is 8.02. The Hall–Kier alpha value is -1.39. The van der Waals surface area contributed by atoms with Crippen molar-refractivity contribution in [2.45, 2.75) is 31.8 Å². The fraction of sp³-hybridized carbons (Fsp3) is 0.562. The monoisotopic (exact) mass is 276 g/mol. The number of carbonyl (C=O) groups excluding carboxylic acids is 1. The van der Waals surface area contributed by atoms with Crippen LogP contribution in [-0.4, -0.2) is 43.7 Å². The van der Waals surface area contributed by atoms with Crippen molar-refractivity contribution < 1.29 is 9.53 Å². The molecule has 1 heterocycles. The van der Waals surface area contributed by atoms with Crippen LogP contribution in [0.5, 0.6) is 0 Å². The molecule has 1 amide bonds. The third-order valence-electron chi connectivity index (χ3n) is 3.74. The molecule has 4 nitrogen and oxygen atoms in total. The van der Waals surface area contributed by atoms with E-state index in [4.69, 9.17) is 4.74 Å². The van der Waals surface area contributed by atoms with Gasteiger partial charge in [0.1, 0.15) is 0 Å². The van der Waals surface area contributed by atoms with Gasteiger partial charge in [-0.1, -0.05) is 30.3 Å². The normalized spacial score (nSPS) is 18.6. The Kier molecular flexibility index (Phi) is 6.02. The highest BCUT2D eigenvalue weighted by Gasteiger charge is 2.33. The van der Waals surface area contributed by atoms with Crippen LogP contribution in [0.25, 0.3) is 0 Å². The van der Waals surface area contributed by atoms with E-state index >= 15 is 0 Å². The topological polar surface area (TPSA) is 41.6 Å². The summed E-state index contributed by atoms with van der Waals surface area (Å²) in [6.07, 6.45) is 2.94. The van der Waals surface area contributed by atoms with Gasteiger partial charge in [-0.15, -0.1) is 0 Å². The van der Waals surface area contributed by atoms with Gasteiger partial charge in [0.2, 0.25) is 5.91 Å². The number of ether oxygens (including phenoxy) is 1. The third kappa shape index (κ3) is 4.32. The standard InChI is InChI=1S/C16H24N2O2/c1-20-12-6-5-10-17-16(19)15-9-11-18(15)13-14-7-3-2-4-8-14/h2-4,7-8,15H,5-6,9-13H2,1H3,(H,17,19)/t15-/m1/s1. The predicted octanol–water partition coefficient (Wildman–Crippen LogP) is 1.80. The fourth-order valence-electron chi connectivity index (χ4n) is 2.45. The van der Waals surface area contributed by atoms with Gasteiger partial charge in [0.05, 0.1) is 6.04 Å². The van der Waals surface area contributed by atoms with Crippen LogP contribution in [-0.2, 0) is 16.1 Å². The number of amides is 1. The predicted molar refractivity (Wildman–Crippen MR) is 79.4 cm³/mol. The van der Waals surface area contributed by atoms with Gasteiger partial charge in [-0.3, -0.25) is 9.69 Å². The molecule has 1 N–H and O–H groups in total. The first-order valence-electron chi connectivity index (χ1n) is 7.36. The van der Waals surface area contributed by atoms with Gasteiger partial charge < -0.3 is 10.1 Å². The van der Waals surface area contributed by atoms with Gasteiger partial charge in [-0.25, -0.2) is 0 Å². The van der Waals surface area contributed by atoms with Crippen LogP contribution in [0.15, 0.2) is 30.3 Å². The molecule has 0 aromatic heterocycles. The highest BCUT2D eigenvalue weighted by molar-refractivity contribution is 5.82. The Morgan fingerprint density at radius 2 is 2.15 bits per heavy atom. The molecule has 1 aromatic carbocycles. The van der Waals surface area contributed by atoms with E-state index in [1.165, 1.54) is 5.56 Å². The second-order valence-corrected chi connectivity index (χ2v) is 5.25. The molecule has 4 heteroatoms. The molecular formula is C16H24N2O2. The number of rotatable bonds is 8. The summed E-state index contributed by atoms with van der Waals surface area (Å²) in [7, 11) is 1.70. The van der Waals surface area contributed by atoms with Crippen LogP contribution in [0.2, 0.25) is 0 Å². The first-order chi connectivity index (χ1) is 9.81. The second-order valence-electron chi connectivity index (χ2n) is 5.25. The lowest BCUT2D eigenvalue weighted by atomic mass is 10.0. The van der Waals surface area contributed by atoms with Crippen molar-refractivity contribution in [3.8, 4) is 0 Å². The van der Waals surface area contributed by atoms with Gasteiger partial charge in [0.25, 0.3) is 0 Å². The zero-order chi connectivity index (χ0) is 14.2. The Balaban J connectivity index is 1.69. The number of hydrogen-bond acceptors (Lipinski definition) is 3. The summed E-state index contributed by atoms with van der Waals surface area (Å²) in [6.45, 7) is 3.39. The number of nitrogens with one attached hydrogen (secondary N) is 1. The van der Waals surface area contributed by atoms with E-state index in [1.807, 2.05) is 18.2 Å². The SMILES string of the molecule is COCCCCNC(=O)[C@H]1CCN1Cc1ccccc1. The molecule has 1 aliphatic heterocycles. The Morgan fingerprint density at radius 3 is 2.80 bits per heavy atom. The van der Waals surface area contributed by atoms with Crippen molar-refractivity contribution in [3.05, 3.63) is 35.9 Å². The van der Waals surface area contributed by atoms with Crippen molar-refractivity contribution in [2.24, 2.45) is 0 Å². The first kappa shape index (κ1) is 15.0. The van der Waals surface area contributed by atoms with Crippen molar-refractivity contribution in [1.82, 2.24) is 10.2 Å². The zero-order valence-corrected chi connectivity index (χ0v) is 12.2. The van der Waals surface area contributed by atoms with E-state index < -0.39 is 0 Å². The summed E-state index contributed by atoms with van der Waals surface area (Å²) in [5, 5.41) is 3.02. The van der Waals surface area contributed by atoms with E-state index in [1.54, 1.807) is 7.11 Å². The summed E-state index contributed by atoms with van der Waals surface area (Å²) in [6, 6.07) is 10.4. The Bertz CT molecular complexity index is 408. The Morgan fingerprint density at radius 1 is 1.35 bits per heavy atom. The maximum Gasteiger partial charge on any atom is 0.237 e. The van der Waals surface area contributed by atoms with Gasteiger partial charge in [0, 0.05) is 33.4 Å². The molecule has 1 atom stereocenters. The molecule has 0 bridgehead atoms. The quantitative estimate of drug-likeness (QED) is 0.736. The minimum atomic E-state index is 0.0534. The van der Waals surface area contributed by atoms with Crippen molar-refractivity contribution in [2.75, 3.05) is 26.8 Å². The Labute approximate surface area is 121 Å². The van der Waals surface area contributed by atoms with E-state index in [9.17, 15) is 4.79 Å². The molecule has 0 radical (unpaired) electrons. The average Bonchev–Trinajstić information content (AvgIpc) is 2.44. The minimum absolute atomic E-state index is 0.0534. The molecule has 1 fully saturated rings. The molecule has 1 saturated heterocycles. The summed E-state index contributed by atoms with van der Waals surface area (Å²) >= 11 is 0. The average molecular weight is 276 g/mol. The number of nitrogens with zero attached hydrogens (tertiary/aromatic N) is 1. The molecule has 1 aliphatic rings. The maximum atomic E-state index is 12.1. The molecule has 0 spiro atoms. The number of benzene rings is 1. The van der Waals surface area contributed by atoms with Crippen LogP contribution in [0, 0.1) is 0 Å². The van der Waals surface area contributed by atoms with Crippen LogP contribution in [0.1, 0.15) is 24.8 Å². The molecule has 2 rings (SSSR count). The molecular weight excluding hydrogens is 252 g/mol. The number of hydrogen-bond donors (Lipinski definition) is 1. The smallest absolute Gasteiger partial charge is 0.237 e. The van der Waals surface area contributed by atoms with Crippen LogP contribution in [0.3, 0.4) is 0 Å². The van der Waals surface area contributed by atoms with Gasteiger partial charge in [-0.2, -0.15) is 0 Å². The van der Waals surface area contributed by atoms with Gasteiger partial charge in [-0.05, 0) is 24.8 Å². The molecule has 0 saturated carbocycles. The lowest BCUT2D eigenvalue weighted by molar-refractivity contribution is -0.131. The molecule has 0 aliphatic carbocycles. The van der Waals surface area contributed by atoms with Gasteiger partial charge >= 0.3 is 0 Å². The van der Waals surface area contributed by atoms with Gasteiger partial charge in [0.15, 0.2) is 0 Å². The van der Waals surface area contributed by atoms with E-state index in [0.29, 0.717) is 0 Å². The minimum Gasteiger partial charge on any atom is -0.385 e. The maximum absolute atomic E-state index is 12.1. The molecule has 0 unspecified atom stereocenters.